The van der Waals surface area contributed by atoms with E-state index in [-0.39, 0.29) is 34.6 Å². The van der Waals surface area contributed by atoms with Gasteiger partial charge in [0.05, 0.1) is 0 Å². The zero-order chi connectivity index (χ0) is 25.1. The first-order chi connectivity index (χ1) is 17.5. The Labute approximate surface area is 208 Å². The highest BCUT2D eigenvalue weighted by Gasteiger charge is 2.37. The van der Waals surface area contributed by atoms with E-state index in [1.165, 1.54) is 24.3 Å². The van der Waals surface area contributed by atoms with E-state index in [2.05, 4.69) is 5.32 Å². The van der Waals surface area contributed by atoms with Crippen molar-refractivity contribution in [2.45, 2.75) is 18.9 Å². The SMILES string of the molecule is O=C(N/C(=C\C=C\c1ccccc1)C(=O)N1C[C@H]2C[C@@H](C1)c1cccc(=O)n1C2)c1ccc(F)cc1. The molecule has 182 valence electrons. The molecule has 3 heterocycles. The molecule has 7 heteroatoms. The number of hydrogen-bond donors (Lipinski definition) is 1. The number of likely N-dealkylation sites (tertiary alicyclic amines) is 1. The number of nitrogens with zero attached hydrogens (tertiary/aromatic N) is 2. The Kier molecular flexibility index (Phi) is 6.62. The van der Waals surface area contributed by atoms with E-state index >= 15 is 0 Å². The summed E-state index contributed by atoms with van der Waals surface area (Å²) in [4.78, 5) is 40.6. The fourth-order valence-electron chi connectivity index (χ4n) is 5.01. The summed E-state index contributed by atoms with van der Waals surface area (Å²) in [6, 6.07) is 20.1. The third kappa shape index (κ3) is 5.05. The molecule has 2 amide bonds. The summed E-state index contributed by atoms with van der Waals surface area (Å²) in [6.07, 6.45) is 6.10. The molecule has 0 unspecified atom stereocenters. The van der Waals surface area contributed by atoms with Crippen LogP contribution >= 0.6 is 0 Å². The number of fused-ring (bicyclic) bond motifs is 4. The summed E-state index contributed by atoms with van der Waals surface area (Å²) in [7, 11) is 0. The minimum absolute atomic E-state index is 0.0137. The molecule has 2 aromatic carbocycles. The second-order valence-electron chi connectivity index (χ2n) is 9.22. The summed E-state index contributed by atoms with van der Waals surface area (Å²) in [6.45, 7) is 1.54. The number of piperidine rings is 1. The highest BCUT2D eigenvalue weighted by atomic mass is 19.1. The smallest absolute Gasteiger partial charge is 0.270 e. The van der Waals surface area contributed by atoms with Crippen LogP contribution in [0.2, 0.25) is 0 Å². The number of allylic oxidation sites excluding steroid dienone is 2. The van der Waals surface area contributed by atoms with Gasteiger partial charge in [0, 0.05) is 42.9 Å². The molecule has 2 bridgehead atoms. The second kappa shape index (κ2) is 10.2. The van der Waals surface area contributed by atoms with Gasteiger partial charge < -0.3 is 14.8 Å². The first-order valence-electron chi connectivity index (χ1n) is 12.0. The van der Waals surface area contributed by atoms with Gasteiger partial charge in [-0.2, -0.15) is 0 Å². The Bertz CT molecular complexity index is 1390. The lowest BCUT2D eigenvalue weighted by atomic mass is 9.83. The summed E-state index contributed by atoms with van der Waals surface area (Å²) in [5.74, 6) is -0.997. The number of carbonyl (C=O) groups excluding carboxylic acids is 2. The maximum Gasteiger partial charge on any atom is 0.270 e. The average Bonchev–Trinajstić information content (AvgIpc) is 2.89. The predicted octanol–water partition coefficient (Wildman–Crippen LogP) is 3.96. The van der Waals surface area contributed by atoms with Crippen LogP contribution in [0.15, 0.2) is 95.4 Å². The number of carbonyl (C=O) groups is 2. The lowest BCUT2D eigenvalue weighted by Crippen LogP contribution is -2.50. The van der Waals surface area contributed by atoms with Crippen LogP contribution in [-0.2, 0) is 11.3 Å². The van der Waals surface area contributed by atoms with Crippen LogP contribution < -0.4 is 10.9 Å². The van der Waals surface area contributed by atoms with Crippen molar-refractivity contribution in [1.29, 1.82) is 0 Å². The van der Waals surface area contributed by atoms with E-state index < -0.39 is 11.7 Å². The molecule has 6 nitrogen and oxygen atoms in total. The molecule has 1 saturated heterocycles. The van der Waals surface area contributed by atoms with Gasteiger partial charge in [0.1, 0.15) is 11.5 Å². The van der Waals surface area contributed by atoms with Crippen molar-refractivity contribution in [3.63, 3.8) is 0 Å². The third-order valence-corrected chi connectivity index (χ3v) is 6.70. The molecule has 2 aliphatic rings. The van der Waals surface area contributed by atoms with Crippen molar-refractivity contribution in [2.24, 2.45) is 5.92 Å². The average molecular weight is 484 g/mol. The van der Waals surface area contributed by atoms with Crippen LogP contribution in [0.4, 0.5) is 4.39 Å². The highest BCUT2D eigenvalue weighted by Crippen LogP contribution is 2.35. The fourth-order valence-corrected chi connectivity index (χ4v) is 5.01. The van der Waals surface area contributed by atoms with E-state index in [0.717, 1.165) is 17.7 Å². The Morgan fingerprint density at radius 2 is 1.69 bits per heavy atom. The Hall–Kier alpha value is -4.26. The summed E-state index contributed by atoms with van der Waals surface area (Å²) in [5, 5.41) is 2.73. The minimum atomic E-state index is -0.489. The molecule has 2 aliphatic heterocycles. The maximum absolute atomic E-state index is 13.7. The number of hydrogen-bond acceptors (Lipinski definition) is 3. The molecule has 1 aromatic heterocycles. The van der Waals surface area contributed by atoms with Crippen molar-refractivity contribution < 1.29 is 14.0 Å². The maximum atomic E-state index is 13.7. The standard InChI is InChI=1S/C29H26FN3O3/c30-24-14-12-22(13-15-24)28(35)31-25(9-4-8-20-6-2-1-3-7-20)29(36)32-17-21-16-23(19-32)26-10-5-11-27(34)33(26)18-21/h1-15,21,23H,16-19H2,(H,31,35)/b8-4+,25-9-/t21-,23+/m1/s1. The van der Waals surface area contributed by atoms with E-state index in [1.807, 2.05) is 47.0 Å². The zero-order valence-electron chi connectivity index (χ0n) is 19.6. The zero-order valence-corrected chi connectivity index (χ0v) is 19.6. The van der Waals surface area contributed by atoms with Gasteiger partial charge >= 0.3 is 0 Å². The Balaban J connectivity index is 1.40. The van der Waals surface area contributed by atoms with Gasteiger partial charge in [-0.05, 0) is 54.3 Å². The van der Waals surface area contributed by atoms with Crippen LogP contribution in [0.5, 0.6) is 0 Å². The number of halogens is 1. The molecule has 0 aliphatic carbocycles. The first-order valence-corrected chi connectivity index (χ1v) is 12.0. The molecule has 5 rings (SSSR count). The van der Waals surface area contributed by atoms with Crippen LogP contribution in [0.25, 0.3) is 6.08 Å². The van der Waals surface area contributed by atoms with E-state index in [9.17, 15) is 18.8 Å². The summed E-state index contributed by atoms with van der Waals surface area (Å²) >= 11 is 0. The van der Waals surface area contributed by atoms with Gasteiger partial charge in [-0.15, -0.1) is 0 Å². The molecule has 0 radical (unpaired) electrons. The van der Waals surface area contributed by atoms with Crippen LogP contribution in [-0.4, -0.2) is 34.4 Å². The number of aromatic nitrogens is 1. The second-order valence-corrected chi connectivity index (χ2v) is 9.22. The summed E-state index contributed by atoms with van der Waals surface area (Å²) in [5.41, 5.74) is 2.29. The number of amides is 2. The number of pyridine rings is 1. The lowest BCUT2D eigenvalue weighted by molar-refractivity contribution is -0.130. The van der Waals surface area contributed by atoms with Crippen molar-refractivity contribution in [3.05, 3.63) is 124 Å². The fraction of sp³-hybridized carbons (Fsp3) is 0.207. The molecule has 3 aromatic rings. The predicted molar refractivity (Wildman–Crippen MR) is 136 cm³/mol. The summed E-state index contributed by atoms with van der Waals surface area (Å²) < 4.78 is 15.1. The third-order valence-electron chi connectivity index (χ3n) is 6.70. The van der Waals surface area contributed by atoms with Crippen LogP contribution in [0, 0.1) is 11.7 Å². The molecule has 0 saturated carbocycles. The molecular formula is C29H26FN3O3. The monoisotopic (exact) mass is 483 g/mol. The van der Waals surface area contributed by atoms with E-state index in [4.69, 9.17) is 0 Å². The number of rotatable bonds is 5. The molecule has 2 atom stereocenters. The molecule has 36 heavy (non-hydrogen) atoms. The Morgan fingerprint density at radius 1 is 0.917 bits per heavy atom. The van der Waals surface area contributed by atoms with Gasteiger partial charge in [0.15, 0.2) is 0 Å². The molecular weight excluding hydrogens is 457 g/mol. The van der Waals surface area contributed by atoms with Gasteiger partial charge in [-0.1, -0.05) is 48.6 Å². The van der Waals surface area contributed by atoms with Gasteiger partial charge in [-0.3, -0.25) is 14.4 Å². The quantitative estimate of drug-likeness (QED) is 0.441. The van der Waals surface area contributed by atoms with Crippen molar-refractivity contribution in [3.8, 4) is 0 Å². The van der Waals surface area contributed by atoms with Crippen molar-refractivity contribution >= 4 is 17.9 Å². The van der Waals surface area contributed by atoms with Crippen molar-refractivity contribution in [1.82, 2.24) is 14.8 Å². The van der Waals surface area contributed by atoms with E-state index in [0.29, 0.717) is 19.6 Å². The molecule has 0 spiro atoms. The van der Waals surface area contributed by atoms with Crippen LogP contribution in [0.1, 0.15) is 34.0 Å². The van der Waals surface area contributed by atoms with Gasteiger partial charge in [-0.25, -0.2) is 4.39 Å². The topological polar surface area (TPSA) is 71.4 Å². The minimum Gasteiger partial charge on any atom is -0.336 e. The van der Waals surface area contributed by atoms with Gasteiger partial charge in [0.25, 0.3) is 17.4 Å². The number of nitrogens with one attached hydrogen (secondary N) is 1. The highest BCUT2D eigenvalue weighted by molar-refractivity contribution is 6.03. The Morgan fingerprint density at radius 3 is 2.47 bits per heavy atom. The van der Waals surface area contributed by atoms with E-state index in [1.54, 1.807) is 29.2 Å². The molecule has 1 fully saturated rings. The largest absolute Gasteiger partial charge is 0.336 e. The first kappa shape index (κ1) is 23.5. The van der Waals surface area contributed by atoms with Crippen LogP contribution in [0.3, 0.4) is 0 Å². The van der Waals surface area contributed by atoms with Crippen molar-refractivity contribution in [2.75, 3.05) is 13.1 Å². The van der Waals surface area contributed by atoms with Gasteiger partial charge in [0.2, 0.25) is 0 Å². The normalized spacial score (nSPS) is 19.1. The molecule has 1 N–H and O–H groups in total. The lowest BCUT2D eigenvalue weighted by Gasteiger charge is -2.42. The number of benzene rings is 2.